The fraction of sp³-hybridized carbons (Fsp3) is 0. The van der Waals surface area contributed by atoms with Crippen LogP contribution in [0.15, 0.2) is 41.2 Å². The van der Waals surface area contributed by atoms with Crippen molar-refractivity contribution in [1.29, 1.82) is 0 Å². The van der Waals surface area contributed by atoms with Crippen LogP contribution in [0.3, 0.4) is 0 Å². The average Bonchev–Trinajstić information content (AvgIpc) is 3.11. The second-order valence-corrected chi connectivity index (χ2v) is 5.65. The van der Waals surface area contributed by atoms with Crippen LogP contribution in [0, 0.1) is 0 Å². The van der Waals surface area contributed by atoms with Crippen molar-refractivity contribution in [2.24, 2.45) is 0 Å². The number of nitrogens with zero attached hydrogens (tertiary/aromatic N) is 2. The van der Waals surface area contributed by atoms with E-state index < -0.39 is 5.91 Å². The number of amides is 1. The van der Waals surface area contributed by atoms with Crippen molar-refractivity contribution < 1.29 is 9.90 Å². The van der Waals surface area contributed by atoms with Gasteiger partial charge >= 0.3 is 0 Å². The van der Waals surface area contributed by atoms with E-state index >= 15 is 0 Å². The number of hydrogen-bond acceptors (Lipinski definition) is 6. The summed E-state index contributed by atoms with van der Waals surface area (Å²) in [4.78, 5) is 21.2. The lowest BCUT2D eigenvalue weighted by atomic mass is 10.4. The van der Waals surface area contributed by atoms with Gasteiger partial charge in [0, 0.05) is 11.6 Å². The summed E-state index contributed by atoms with van der Waals surface area (Å²) in [6.45, 7) is 0. The number of aromatic hydroxyl groups is 1. The molecule has 0 aliphatic heterocycles. The Morgan fingerprint density at radius 3 is 2.90 bits per heavy atom. The number of thiazole rings is 1. The molecule has 3 aromatic heterocycles. The molecule has 0 fully saturated rings. The van der Waals surface area contributed by atoms with E-state index in [9.17, 15) is 9.90 Å². The van der Waals surface area contributed by atoms with E-state index in [0.29, 0.717) is 5.69 Å². The average molecular weight is 303 g/mol. The summed E-state index contributed by atoms with van der Waals surface area (Å²) < 4.78 is 0. The summed E-state index contributed by atoms with van der Waals surface area (Å²) in [5.41, 5.74) is 0.309. The van der Waals surface area contributed by atoms with Crippen molar-refractivity contribution in [3.63, 3.8) is 0 Å². The van der Waals surface area contributed by atoms with Crippen molar-refractivity contribution >= 4 is 34.4 Å². The van der Waals surface area contributed by atoms with Gasteiger partial charge in [-0.05, 0) is 23.6 Å². The van der Waals surface area contributed by atoms with Gasteiger partial charge in [-0.2, -0.15) is 0 Å². The van der Waals surface area contributed by atoms with Crippen LogP contribution < -0.4 is 5.32 Å². The predicted octanol–water partition coefficient (Wildman–Crippen LogP) is 3.22. The highest BCUT2D eigenvalue weighted by Gasteiger charge is 2.14. The maximum Gasteiger partial charge on any atom is 0.276 e. The smallest absolute Gasteiger partial charge is 0.276 e. The van der Waals surface area contributed by atoms with Crippen LogP contribution in [-0.4, -0.2) is 21.0 Å². The third-order valence-corrected chi connectivity index (χ3v) is 4.37. The molecule has 0 aliphatic carbocycles. The first-order valence-electron chi connectivity index (χ1n) is 5.69. The van der Waals surface area contributed by atoms with Crippen molar-refractivity contribution in [3.8, 4) is 15.6 Å². The Kier molecular flexibility index (Phi) is 3.44. The van der Waals surface area contributed by atoms with Crippen LogP contribution in [0.2, 0.25) is 0 Å². The minimum Gasteiger partial charge on any atom is -0.504 e. The third-order valence-electron chi connectivity index (χ3n) is 2.49. The molecular weight excluding hydrogens is 294 g/mol. The molecule has 0 bridgehead atoms. The normalized spacial score (nSPS) is 10.4. The molecule has 2 N–H and O–H groups in total. The lowest BCUT2D eigenvalue weighted by Gasteiger charge is -2.03. The molecule has 0 saturated heterocycles. The zero-order chi connectivity index (χ0) is 13.9. The lowest BCUT2D eigenvalue weighted by molar-refractivity contribution is 0.102. The fourth-order valence-electron chi connectivity index (χ4n) is 1.56. The molecule has 3 aromatic rings. The molecule has 0 radical (unpaired) electrons. The van der Waals surface area contributed by atoms with E-state index in [2.05, 4.69) is 15.3 Å². The topological polar surface area (TPSA) is 75.1 Å². The molecule has 0 aromatic carbocycles. The van der Waals surface area contributed by atoms with Crippen molar-refractivity contribution in [3.05, 3.63) is 46.9 Å². The van der Waals surface area contributed by atoms with Gasteiger partial charge < -0.3 is 10.4 Å². The second-order valence-electron chi connectivity index (χ2n) is 3.84. The molecule has 3 heterocycles. The van der Waals surface area contributed by atoms with E-state index in [4.69, 9.17) is 0 Å². The van der Waals surface area contributed by atoms with Gasteiger partial charge in [0.25, 0.3) is 5.91 Å². The summed E-state index contributed by atoms with van der Waals surface area (Å²) >= 11 is 2.98. The van der Waals surface area contributed by atoms with E-state index in [1.165, 1.54) is 23.6 Å². The number of pyridine rings is 1. The molecule has 1 amide bonds. The van der Waals surface area contributed by atoms with Gasteiger partial charge in [-0.3, -0.25) is 4.79 Å². The van der Waals surface area contributed by atoms with Gasteiger partial charge in [-0.1, -0.05) is 6.07 Å². The molecule has 3 rings (SSSR count). The monoisotopic (exact) mass is 303 g/mol. The largest absolute Gasteiger partial charge is 0.504 e. The van der Waals surface area contributed by atoms with Crippen LogP contribution in [0.25, 0.3) is 9.88 Å². The maximum atomic E-state index is 12.0. The molecule has 20 heavy (non-hydrogen) atoms. The van der Waals surface area contributed by atoms with Crippen molar-refractivity contribution in [2.75, 3.05) is 5.32 Å². The zero-order valence-corrected chi connectivity index (χ0v) is 11.7. The Labute approximate surface area is 122 Å². The number of rotatable bonds is 3. The zero-order valence-electron chi connectivity index (χ0n) is 10.1. The molecule has 5 nitrogen and oxygen atoms in total. The van der Waals surface area contributed by atoms with E-state index in [1.807, 2.05) is 17.5 Å². The second kappa shape index (κ2) is 5.40. The summed E-state index contributed by atoms with van der Waals surface area (Å²) in [7, 11) is 0. The molecule has 0 saturated carbocycles. The Morgan fingerprint density at radius 2 is 2.15 bits per heavy atom. The van der Waals surface area contributed by atoms with Gasteiger partial charge in [0.05, 0.1) is 4.88 Å². The van der Waals surface area contributed by atoms with E-state index in [-0.39, 0.29) is 11.6 Å². The van der Waals surface area contributed by atoms with Gasteiger partial charge in [0.2, 0.25) is 0 Å². The summed E-state index contributed by atoms with van der Waals surface area (Å²) in [6, 6.07) is 6.94. The molecule has 7 heteroatoms. The van der Waals surface area contributed by atoms with Gasteiger partial charge in [0.1, 0.15) is 10.7 Å². The van der Waals surface area contributed by atoms with Gasteiger partial charge in [-0.25, -0.2) is 9.97 Å². The number of carbonyl (C=O) groups excluding carboxylic acids is 1. The Morgan fingerprint density at radius 1 is 1.25 bits per heavy atom. The minimum absolute atomic E-state index is 0.0745. The summed E-state index contributed by atoms with van der Waals surface area (Å²) in [5.74, 6) is -0.337. The number of thiophene rings is 1. The van der Waals surface area contributed by atoms with Crippen LogP contribution in [0.5, 0.6) is 5.75 Å². The number of anilines is 1. The Hall–Kier alpha value is -2.25. The van der Waals surface area contributed by atoms with Gasteiger partial charge in [0.15, 0.2) is 11.6 Å². The van der Waals surface area contributed by atoms with Crippen molar-refractivity contribution in [2.45, 2.75) is 0 Å². The number of carbonyl (C=O) groups is 1. The first-order valence-corrected chi connectivity index (χ1v) is 7.45. The predicted molar refractivity (Wildman–Crippen MR) is 79.3 cm³/mol. The first kappa shape index (κ1) is 12.8. The first-order chi connectivity index (χ1) is 9.74. The van der Waals surface area contributed by atoms with Crippen LogP contribution in [0.1, 0.15) is 10.5 Å². The van der Waals surface area contributed by atoms with Gasteiger partial charge in [-0.15, -0.1) is 22.7 Å². The SMILES string of the molecule is O=C(Nc1ncccc1O)c1csc(-c2cccs2)n1. The molecule has 0 atom stereocenters. The number of hydrogen-bond donors (Lipinski definition) is 2. The lowest BCUT2D eigenvalue weighted by Crippen LogP contribution is -2.13. The van der Waals surface area contributed by atoms with Crippen LogP contribution in [-0.2, 0) is 0 Å². The quantitative estimate of drug-likeness (QED) is 0.779. The van der Waals surface area contributed by atoms with Crippen molar-refractivity contribution in [1.82, 2.24) is 9.97 Å². The van der Waals surface area contributed by atoms with Crippen LogP contribution >= 0.6 is 22.7 Å². The highest BCUT2D eigenvalue weighted by atomic mass is 32.1. The third kappa shape index (κ3) is 2.54. The summed E-state index contributed by atoms with van der Waals surface area (Å²) in [6.07, 6.45) is 1.49. The number of aromatic nitrogens is 2. The standard InChI is InChI=1S/C13H9N3O2S2/c17-9-3-1-5-14-11(9)16-12(18)8-7-20-13(15-8)10-4-2-6-19-10/h1-7,17H,(H,14,16,18). The minimum atomic E-state index is -0.391. The number of nitrogens with one attached hydrogen (secondary N) is 1. The highest BCUT2D eigenvalue weighted by molar-refractivity contribution is 7.20. The Bertz CT molecular complexity index is 738. The van der Waals surface area contributed by atoms with Crippen LogP contribution in [0.4, 0.5) is 5.82 Å². The molecule has 100 valence electrons. The molecule has 0 aliphatic rings. The molecule has 0 unspecified atom stereocenters. The highest BCUT2D eigenvalue weighted by Crippen LogP contribution is 2.28. The summed E-state index contributed by atoms with van der Waals surface area (Å²) in [5, 5.41) is 16.5. The molecular formula is C13H9N3O2S2. The molecule has 0 spiro atoms. The maximum absolute atomic E-state index is 12.0. The van der Waals surface area contributed by atoms with E-state index in [1.54, 1.807) is 22.8 Å². The fourth-order valence-corrected chi connectivity index (χ4v) is 3.17. The Balaban J connectivity index is 1.80. The van der Waals surface area contributed by atoms with E-state index in [0.717, 1.165) is 9.88 Å².